The molecule has 1 atom stereocenters. The van der Waals surface area contributed by atoms with Gasteiger partial charge in [0.1, 0.15) is 5.01 Å². The predicted octanol–water partition coefficient (Wildman–Crippen LogP) is 4.23. The third-order valence-corrected chi connectivity index (χ3v) is 6.42. The summed E-state index contributed by atoms with van der Waals surface area (Å²) in [6.07, 6.45) is 2.17. The summed E-state index contributed by atoms with van der Waals surface area (Å²) in [5, 5.41) is 3.90. The van der Waals surface area contributed by atoms with E-state index in [0.717, 1.165) is 37.4 Å². The Morgan fingerprint density at radius 2 is 2.07 bits per heavy atom. The number of thiazole rings is 1. The number of fused-ring (bicyclic) bond motifs is 4. The van der Waals surface area contributed by atoms with Crippen LogP contribution in [0, 0.1) is 12.7 Å². The van der Waals surface area contributed by atoms with E-state index in [9.17, 15) is 4.39 Å². The lowest BCUT2D eigenvalue weighted by Crippen LogP contribution is -2.44. The minimum atomic E-state index is -0.625. The molecule has 0 spiro atoms. The van der Waals surface area contributed by atoms with Crippen molar-refractivity contribution < 1.29 is 13.9 Å². The number of halogens is 1. The number of methoxy groups -OCH3 is 1. The molecule has 29 heavy (non-hydrogen) atoms. The van der Waals surface area contributed by atoms with Gasteiger partial charge in [-0.1, -0.05) is 0 Å². The van der Waals surface area contributed by atoms with Crippen molar-refractivity contribution >= 4 is 32.6 Å². The second-order valence-electron chi connectivity index (χ2n) is 7.39. The van der Waals surface area contributed by atoms with Gasteiger partial charge in [0.25, 0.3) is 0 Å². The summed E-state index contributed by atoms with van der Waals surface area (Å²) in [7, 11) is 3.38. The Hall–Kier alpha value is -2.84. The fourth-order valence-electron chi connectivity index (χ4n) is 3.71. The molecule has 0 amide bonds. The second-order valence-corrected chi connectivity index (χ2v) is 8.38. The Balaban J connectivity index is 1.73. The molecule has 0 aliphatic carbocycles. The minimum absolute atomic E-state index is 0.308. The number of hydrogen-bond donors (Lipinski definition) is 1. The summed E-state index contributed by atoms with van der Waals surface area (Å²) in [5.41, 5.74) is 4.24. The zero-order valence-corrected chi connectivity index (χ0v) is 17.3. The Morgan fingerprint density at radius 3 is 2.83 bits per heavy atom. The van der Waals surface area contributed by atoms with Crippen molar-refractivity contribution in [1.82, 2.24) is 20.3 Å². The van der Waals surface area contributed by atoms with E-state index in [0.29, 0.717) is 23.6 Å². The zero-order chi connectivity index (χ0) is 20.3. The largest absolute Gasteiger partial charge is 0.480 e. The van der Waals surface area contributed by atoms with Crippen LogP contribution < -0.4 is 14.8 Å². The van der Waals surface area contributed by atoms with Gasteiger partial charge in [0.05, 0.1) is 34.6 Å². The van der Waals surface area contributed by atoms with Crippen LogP contribution in [0.5, 0.6) is 11.6 Å². The van der Waals surface area contributed by atoms with Crippen LogP contribution in [0.15, 0.2) is 24.4 Å². The standard InChI is InChI=1S/C21H19FN4O2S/c1-10-5-11(17-14(6-10)25-16(27-4)9-24-17)20-26-15-7-13(22)18-12(19(15)29-20)8-21(2,23-3)28-18/h5-7,9,23H,8H2,1-4H3. The first-order chi connectivity index (χ1) is 13.9. The van der Waals surface area contributed by atoms with Gasteiger partial charge in [-0.2, -0.15) is 0 Å². The second kappa shape index (κ2) is 6.33. The Labute approximate surface area is 170 Å². The molecule has 2 aromatic carbocycles. The van der Waals surface area contributed by atoms with Crippen LogP contribution in [0.1, 0.15) is 18.1 Å². The van der Waals surface area contributed by atoms with E-state index in [1.165, 1.54) is 17.4 Å². The predicted molar refractivity (Wildman–Crippen MR) is 111 cm³/mol. The molecule has 0 radical (unpaired) electrons. The van der Waals surface area contributed by atoms with Crippen LogP contribution in [-0.2, 0) is 6.42 Å². The molecule has 5 rings (SSSR count). The van der Waals surface area contributed by atoms with Crippen LogP contribution in [0.2, 0.25) is 0 Å². The average molecular weight is 410 g/mol. The topological polar surface area (TPSA) is 69.2 Å². The van der Waals surface area contributed by atoms with E-state index in [2.05, 4.69) is 15.3 Å². The number of aryl methyl sites for hydroxylation is 1. The number of ether oxygens (including phenoxy) is 2. The quantitative estimate of drug-likeness (QED) is 0.545. The summed E-state index contributed by atoms with van der Waals surface area (Å²) in [5.74, 6) is 0.381. The summed E-state index contributed by atoms with van der Waals surface area (Å²) >= 11 is 1.52. The Kier molecular flexibility index (Phi) is 3.97. The van der Waals surface area contributed by atoms with Crippen molar-refractivity contribution in [2.45, 2.75) is 26.0 Å². The lowest BCUT2D eigenvalue weighted by atomic mass is 10.1. The monoisotopic (exact) mass is 410 g/mol. The van der Waals surface area contributed by atoms with Gasteiger partial charge in [-0.15, -0.1) is 11.3 Å². The van der Waals surface area contributed by atoms with Gasteiger partial charge in [0, 0.05) is 23.6 Å². The number of nitrogens with zero attached hydrogens (tertiary/aromatic N) is 3. The smallest absolute Gasteiger partial charge is 0.232 e. The van der Waals surface area contributed by atoms with Crippen LogP contribution in [-0.4, -0.2) is 34.8 Å². The molecule has 1 unspecified atom stereocenters. The molecule has 1 N–H and O–H groups in total. The fraction of sp³-hybridized carbons (Fsp3) is 0.286. The number of aromatic nitrogens is 3. The molecule has 3 heterocycles. The molecular weight excluding hydrogens is 391 g/mol. The van der Waals surface area contributed by atoms with E-state index in [1.807, 2.05) is 33.0 Å². The van der Waals surface area contributed by atoms with Crippen LogP contribution in [0.4, 0.5) is 4.39 Å². The van der Waals surface area contributed by atoms with Gasteiger partial charge in [-0.05, 0) is 38.6 Å². The SMILES string of the molecule is CNC1(C)Cc2c(c(F)cc3nc(-c4cc(C)cc5nc(OC)cnc45)sc23)O1. The van der Waals surface area contributed by atoms with Gasteiger partial charge < -0.3 is 9.47 Å². The fourth-order valence-corrected chi connectivity index (χ4v) is 4.81. The van der Waals surface area contributed by atoms with Gasteiger partial charge >= 0.3 is 0 Å². The molecule has 0 saturated carbocycles. The number of benzene rings is 2. The molecule has 1 aliphatic rings. The Bertz CT molecular complexity index is 1290. The Morgan fingerprint density at radius 1 is 1.24 bits per heavy atom. The maximum absolute atomic E-state index is 14.7. The number of nitrogens with one attached hydrogen (secondary N) is 1. The molecular formula is C21H19FN4O2S. The van der Waals surface area contributed by atoms with Crippen molar-refractivity contribution in [3.63, 3.8) is 0 Å². The molecule has 0 bridgehead atoms. The van der Waals surface area contributed by atoms with Gasteiger partial charge in [-0.3, -0.25) is 5.32 Å². The van der Waals surface area contributed by atoms with Crippen molar-refractivity contribution in [2.75, 3.05) is 14.2 Å². The van der Waals surface area contributed by atoms with Crippen molar-refractivity contribution in [2.24, 2.45) is 0 Å². The van der Waals surface area contributed by atoms with Crippen LogP contribution in [0.25, 0.3) is 31.8 Å². The van der Waals surface area contributed by atoms with E-state index in [1.54, 1.807) is 13.3 Å². The highest BCUT2D eigenvalue weighted by Gasteiger charge is 2.37. The van der Waals surface area contributed by atoms with Gasteiger partial charge in [-0.25, -0.2) is 19.3 Å². The molecule has 148 valence electrons. The highest BCUT2D eigenvalue weighted by Crippen LogP contribution is 2.44. The normalized spacial score (nSPS) is 18.2. The maximum Gasteiger partial charge on any atom is 0.232 e. The first-order valence-corrected chi connectivity index (χ1v) is 10.0. The molecule has 4 aromatic rings. The summed E-state index contributed by atoms with van der Waals surface area (Å²) < 4.78 is 26.7. The first kappa shape index (κ1) is 18.2. The van der Waals surface area contributed by atoms with Gasteiger partial charge in [0.15, 0.2) is 17.3 Å². The lowest BCUT2D eigenvalue weighted by Gasteiger charge is -2.22. The lowest BCUT2D eigenvalue weighted by molar-refractivity contribution is 0.0820. The van der Waals surface area contributed by atoms with Gasteiger partial charge in [0.2, 0.25) is 5.88 Å². The molecule has 6 nitrogen and oxygen atoms in total. The maximum atomic E-state index is 14.7. The van der Waals surface area contributed by atoms with E-state index < -0.39 is 5.72 Å². The van der Waals surface area contributed by atoms with E-state index in [-0.39, 0.29) is 5.82 Å². The summed E-state index contributed by atoms with van der Waals surface area (Å²) in [6.45, 7) is 3.91. The third kappa shape index (κ3) is 2.82. The van der Waals surface area contributed by atoms with Crippen LogP contribution in [0.3, 0.4) is 0 Å². The van der Waals surface area contributed by atoms with E-state index >= 15 is 0 Å². The molecule has 0 saturated heterocycles. The zero-order valence-electron chi connectivity index (χ0n) is 16.5. The minimum Gasteiger partial charge on any atom is -0.480 e. The highest BCUT2D eigenvalue weighted by molar-refractivity contribution is 7.22. The third-order valence-electron chi connectivity index (χ3n) is 5.26. The highest BCUT2D eigenvalue weighted by atomic mass is 32.1. The van der Waals surface area contributed by atoms with Crippen molar-refractivity contribution in [3.05, 3.63) is 41.3 Å². The summed E-state index contributed by atoms with van der Waals surface area (Å²) in [6, 6.07) is 5.44. The van der Waals surface area contributed by atoms with Crippen molar-refractivity contribution in [1.29, 1.82) is 0 Å². The molecule has 2 aromatic heterocycles. The molecule has 0 fully saturated rings. The van der Waals surface area contributed by atoms with E-state index in [4.69, 9.17) is 14.5 Å². The number of likely N-dealkylation sites (N-methyl/N-ethyl adjacent to an activating group) is 1. The molecule has 8 heteroatoms. The first-order valence-electron chi connectivity index (χ1n) is 9.22. The summed E-state index contributed by atoms with van der Waals surface area (Å²) in [4.78, 5) is 13.8. The van der Waals surface area contributed by atoms with Crippen molar-refractivity contribution in [3.8, 4) is 22.2 Å². The molecule has 1 aliphatic heterocycles. The number of rotatable bonds is 3. The number of hydrogen-bond acceptors (Lipinski definition) is 7. The average Bonchev–Trinajstić information content (AvgIpc) is 3.28. The van der Waals surface area contributed by atoms with Crippen LogP contribution >= 0.6 is 11.3 Å².